The maximum Gasteiger partial charge on any atom is 0.236 e. The summed E-state index contributed by atoms with van der Waals surface area (Å²) < 4.78 is 22.1. The van der Waals surface area contributed by atoms with Crippen molar-refractivity contribution in [3.8, 4) is 0 Å². The fraction of sp³-hybridized carbons (Fsp3) is 0.111. The molecule has 1 aromatic carbocycles. The minimum absolute atomic E-state index is 0.157. The van der Waals surface area contributed by atoms with E-state index in [2.05, 4.69) is 15.9 Å². The molecule has 0 spiro atoms. The number of hydrogen-bond donors (Lipinski definition) is 0. The maximum atomic E-state index is 10.6. The van der Waals surface area contributed by atoms with Gasteiger partial charge in [-0.2, -0.15) is 0 Å². The third-order valence-corrected chi connectivity index (χ3v) is 3.19. The molecule has 0 saturated heterocycles. The van der Waals surface area contributed by atoms with Crippen LogP contribution < -0.4 is 0 Å². The second-order valence-electron chi connectivity index (χ2n) is 2.63. The van der Waals surface area contributed by atoms with Crippen LogP contribution in [0.4, 0.5) is 0 Å². The van der Waals surface area contributed by atoms with Crippen LogP contribution in [0.5, 0.6) is 0 Å². The smallest absolute Gasteiger partial charge is 0.212 e. The average molecular weight is 296 g/mol. The first-order valence-corrected chi connectivity index (χ1v) is 7.09. The first-order valence-electron chi connectivity index (χ1n) is 3.82. The van der Waals surface area contributed by atoms with Gasteiger partial charge in [-0.05, 0) is 11.6 Å². The molecule has 0 radical (unpaired) electrons. The lowest BCUT2D eigenvalue weighted by Gasteiger charge is -1.95. The quantitative estimate of drug-likeness (QED) is 0.803. The Balaban J connectivity index is 2.75. The summed E-state index contributed by atoms with van der Waals surface area (Å²) in [7, 11) is 1.61. The Labute approximate surface area is 96.1 Å². The van der Waals surface area contributed by atoms with Gasteiger partial charge in [0.25, 0.3) is 0 Å². The molecule has 0 aliphatic carbocycles. The normalized spacial score (nSPS) is 12.1. The van der Waals surface area contributed by atoms with E-state index in [9.17, 15) is 8.42 Å². The fourth-order valence-corrected chi connectivity index (χ4v) is 1.86. The summed E-state index contributed by atoms with van der Waals surface area (Å²) in [5, 5.41) is 0. The monoisotopic (exact) mass is 294 g/mol. The van der Waals surface area contributed by atoms with Crippen LogP contribution in [0.15, 0.2) is 34.8 Å². The lowest BCUT2D eigenvalue weighted by atomic mass is 10.2. The van der Waals surface area contributed by atoms with Gasteiger partial charge in [-0.1, -0.05) is 46.3 Å². The second kappa shape index (κ2) is 4.96. The number of hydrogen-bond acceptors (Lipinski definition) is 2. The number of halogens is 2. The molecule has 0 atom stereocenters. The summed E-state index contributed by atoms with van der Waals surface area (Å²) in [5.74, 6) is -0.157. The highest BCUT2D eigenvalue weighted by Crippen LogP contribution is 2.17. The van der Waals surface area contributed by atoms with Crippen molar-refractivity contribution in [1.82, 2.24) is 0 Å². The lowest BCUT2D eigenvalue weighted by molar-refractivity contribution is 0.612. The van der Waals surface area contributed by atoms with Gasteiger partial charge < -0.3 is 0 Å². The summed E-state index contributed by atoms with van der Waals surface area (Å²) in [6, 6.07) is 7.52. The van der Waals surface area contributed by atoms with Crippen molar-refractivity contribution in [2.24, 2.45) is 0 Å². The first-order chi connectivity index (χ1) is 6.49. The molecule has 2 nitrogen and oxygen atoms in total. The standard InChI is InChI=1S/C9H8BrClO2S/c10-9-6-2-1-4-8(9)5-3-7-14(11,12)13/h1-6H,7H2/b5-3+. The summed E-state index contributed by atoms with van der Waals surface area (Å²) in [6.45, 7) is 0. The Morgan fingerprint density at radius 2 is 2.00 bits per heavy atom. The summed E-state index contributed by atoms with van der Waals surface area (Å²) in [4.78, 5) is 0. The molecule has 0 heterocycles. The minimum Gasteiger partial charge on any atom is -0.212 e. The van der Waals surface area contributed by atoms with E-state index in [0.29, 0.717) is 0 Å². The highest BCUT2D eigenvalue weighted by molar-refractivity contribution is 9.10. The van der Waals surface area contributed by atoms with Gasteiger partial charge >= 0.3 is 0 Å². The molecule has 1 aromatic rings. The van der Waals surface area contributed by atoms with Crippen molar-refractivity contribution in [1.29, 1.82) is 0 Å². The molecule has 0 fully saturated rings. The Kier molecular flexibility index (Phi) is 4.16. The fourth-order valence-electron chi connectivity index (χ4n) is 0.900. The molecule has 0 aliphatic heterocycles. The van der Waals surface area contributed by atoms with Gasteiger partial charge in [-0.3, -0.25) is 0 Å². The second-order valence-corrected chi connectivity index (χ2v) is 6.31. The maximum absolute atomic E-state index is 10.6. The van der Waals surface area contributed by atoms with Crippen LogP contribution in [0.2, 0.25) is 0 Å². The molecule has 0 unspecified atom stereocenters. The molecule has 0 aromatic heterocycles. The van der Waals surface area contributed by atoms with Gasteiger partial charge in [0, 0.05) is 15.2 Å². The van der Waals surface area contributed by atoms with Gasteiger partial charge in [0.1, 0.15) is 0 Å². The molecule has 0 amide bonds. The van der Waals surface area contributed by atoms with E-state index >= 15 is 0 Å². The molecule has 0 aliphatic rings. The molecule has 14 heavy (non-hydrogen) atoms. The van der Waals surface area contributed by atoms with E-state index in [1.165, 1.54) is 6.08 Å². The summed E-state index contributed by atoms with van der Waals surface area (Å²) in [6.07, 6.45) is 3.23. The molecular weight excluding hydrogens is 288 g/mol. The summed E-state index contributed by atoms with van der Waals surface area (Å²) >= 11 is 3.34. The third-order valence-electron chi connectivity index (χ3n) is 1.50. The van der Waals surface area contributed by atoms with Crippen LogP contribution in [0, 0.1) is 0 Å². The Morgan fingerprint density at radius 3 is 2.57 bits per heavy atom. The largest absolute Gasteiger partial charge is 0.236 e. The Bertz CT molecular complexity index is 440. The molecule has 1 rings (SSSR count). The topological polar surface area (TPSA) is 34.1 Å². The minimum atomic E-state index is -3.44. The van der Waals surface area contributed by atoms with E-state index in [4.69, 9.17) is 10.7 Å². The van der Waals surface area contributed by atoms with Crippen molar-refractivity contribution in [3.63, 3.8) is 0 Å². The van der Waals surface area contributed by atoms with Crippen molar-refractivity contribution < 1.29 is 8.42 Å². The van der Waals surface area contributed by atoms with E-state index in [0.717, 1.165) is 10.0 Å². The van der Waals surface area contributed by atoms with Crippen LogP contribution in [-0.4, -0.2) is 14.2 Å². The van der Waals surface area contributed by atoms with Gasteiger partial charge in [-0.15, -0.1) is 0 Å². The zero-order valence-corrected chi connectivity index (χ0v) is 10.3. The van der Waals surface area contributed by atoms with E-state index in [1.54, 1.807) is 6.08 Å². The van der Waals surface area contributed by atoms with Crippen LogP contribution in [0.1, 0.15) is 5.56 Å². The molecule has 0 bridgehead atoms. The SMILES string of the molecule is O=S(=O)(Cl)C/C=C/c1ccccc1Br. The zero-order valence-electron chi connectivity index (χ0n) is 7.15. The highest BCUT2D eigenvalue weighted by atomic mass is 79.9. The van der Waals surface area contributed by atoms with Crippen LogP contribution >= 0.6 is 26.6 Å². The van der Waals surface area contributed by atoms with E-state index in [1.807, 2.05) is 24.3 Å². The van der Waals surface area contributed by atoms with Crippen molar-refractivity contribution in [2.75, 3.05) is 5.75 Å². The van der Waals surface area contributed by atoms with Gasteiger partial charge in [-0.25, -0.2) is 8.42 Å². The van der Waals surface area contributed by atoms with Crippen molar-refractivity contribution >= 4 is 41.7 Å². The van der Waals surface area contributed by atoms with Gasteiger partial charge in [0.05, 0.1) is 5.75 Å². The van der Waals surface area contributed by atoms with E-state index < -0.39 is 9.05 Å². The Hall–Kier alpha value is -0.320. The predicted molar refractivity (Wildman–Crippen MR) is 62.8 cm³/mol. The Morgan fingerprint density at radius 1 is 1.36 bits per heavy atom. The molecular formula is C9H8BrClO2S. The molecule has 0 N–H and O–H groups in total. The van der Waals surface area contributed by atoms with Crippen LogP contribution in [-0.2, 0) is 9.05 Å². The van der Waals surface area contributed by atoms with Crippen molar-refractivity contribution in [2.45, 2.75) is 0 Å². The predicted octanol–water partition coefficient (Wildman–Crippen LogP) is 3.03. The average Bonchev–Trinajstić information content (AvgIpc) is 2.06. The third kappa shape index (κ3) is 4.26. The lowest BCUT2D eigenvalue weighted by Crippen LogP contribution is -1.91. The first kappa shape index (κ1) is 11.8. The van der Waals surface area contributed by atoms with Gasteiger partial charge in [0.15, 0.2) is 0 Å². The summed E-state index contributed by atoms with van der Waals surface area (Å²) in [5.41, 5.74) is 0.924. The number of rotatable bonds is 3. The van der Waals surface area contributed by atoms with Crippen LogP contribution in [0.3, 0.4) is 0 Å². The van der Waals surface area contributed by atoms with Gasteiger partial charge in [0.2, 0.25) is 9.05 Å². The molecule has 5 heteroatoms. The van der Waals surface area contributed by atoms with Crippen molar-refractivity contribution in [3.05, 3.63) is 40.4 Å². The molecule has 0 saturated carbocycles. The molecule has 76 valence electrons. The zero-order chi connectivity index (χ0) is 10.6. The highest BCUT2D eigenvalue weighted by Gasteiger charge is 2.00. The number of benzene rings is 1. The van der Waals surface area contributed by atoms with E-state index in [-0.39, 0.29) is 5.75 Å². The van der Waals surface area contributed by atoms with Crippen LogP contribution in [0.25, 0.3) is 6.08 Å².